The van der Waals surface area contributed by atoms with E-state index in [1.54, 1.807) is 6.07 Å². The maximum Gasteiger partial charge on any atom is 0.270 e. The van der Waals surface area contributed by atoms with E-state index in [0.29, 0.717) is 24.0 Å². The number of nitrogens with two attached hydrogens (primary N) is 1. The van der Waals surface area contributed by atoms with Crippen molar-refractivity contribution in [2.75, 3.05) is 12.0 Å². The first-order valence-electron chi connectivity index (χ1n) is 6.80. The standard InChI is InChI=1S/C15H20N4O/c1-3-10(2)9-17-15(20)13-8-11-6-4-5-7-12(11)14(18-13)19-16/h4-8,10H,3,9,16H2,1-2H3,(H,17,20)(H,18,19). The summed E-state index contributed by atoms with van der Waals surface area (Å²) in [4.78, 5) is 16.4. The fourth-order valence-electron chi connectivity index (χ4n) is 1.93. The number of rotatable bonds is 5. The van der Waals surface area contributed by atoms with E-state index < -0.39 is 0 Å². The van der Waals surface area contributed by atoms with Crippen LogP contribution in [0.25, 0.3) is 10.8 Å². The zero-order chi connectivity index (χ0) is 14.5. The lowest BCUT2D eigenvalue weighted by molar-refractivity contribution is 0.0943. The Morgan fingerprint density at radius 3 is 2.85 bits per heavy atom. The van der Waals surface area contributed by atoms with Crippen LogP contribution in [-0.4, -0.2) is 17.4 Å². The van der Waals surface area contributed by atoms with E-state index in [9.17, 15) is 4.79 Å². The van der Waals surface area contributed by atoms with E-state index in [0.717, 1.165) is 17.2 Å². The third-order valence-corrected chi connectivity index (χ3v) is 3.42. The van der Waals surface area contributed by atoms with Crippen LogP contribution in [0.15, 0.2) is 30.3 Å². The quantitative estimate of drug-likeness (QED) is 0.576. The average molecular weight is 272 g/mol. The van der Waals surface area contributed by atoms with Gasteiger partial charge >= 0.3 is 0 Å². The fraction of sp³-hybridized carbons (Fsp3) is 0.333. The molecule has 106 valence electrons. The summed E-state index contributed by atoms with van der Waals surface area (Å²) >= 11 is 0. The molecule has 5 heteroatoms. The van der Waals surface area contributed by atoms with Crippen LogP contribution in [0.4, 0.5) is 5.82 Å². The molecular formula is C15H20N4O. The maximum absolute atomic E-state index is 12.1. The number of carbonyl (C=O) groups excluding carboxylic acids is 1. The van der Waals surface area contributed by atoms with Crippen molar-refractivity contribution in [1.82, 2.24) is 10.3 Å². The Kier molecular flexibility index (Phi) is 4.53. The number of anilines is 1. The van der Waals surface area contributed by atoms with Gasteiger partial charge in [0.15, 0.2) is 0 Å². The lowest BCUT2D eigenvalue weighted by atomic mass is 10.1. The van der Waals surface area contributed by atoms with E-state index in [4.69, 9.17) is 5.84 Å². The predicted octanol–water partition coefficient (Wildman–Crippen LogP) is 2.30. The van der Waals surface area contributed by atoms with Crippen LogP contribution in [0.3, 0.4) is 0 Å². The summed E-state index contributed by atoms with van der Waals surface area (Å²) in [6.07, 6.45) is 1.03. The molecule has 0 saturated heterocycles. The van der Waals surface area contributed by atoms with Gasteiger partial charge in [-0.15, -0.1) is 0 Å². The largest absolute Gasteiger partial charge is 0.350 e. The first-order chi connectivity index (χ1) is 9.65. The molecule has 0 aliphatic rings. The van der Waals surface area contributed by atoms with Gasteiger partial charge in [0.1, 0.15) is 11.5 Å². The van der Waals surface area contributed by atoms with Crippen LogP contribution in [0.5, 0.6) is 0 Å². The fourth-order valence-corrected chi connectivity index (χ4v) is 1.93. The normalized spacial score (nSPS) is 12.2. The molecule has 5 nitrogen and oxygen atoms in total. The number of nitrogens with one attached hydrogen (secondary N) is 2. The van der Waals surface area contributed by atoms with Crippen LogP contribution in [0.2, 0.25) is 0 Å². The Morgan fingerprint density at radius 2 is 2.15 bits per heavy atom. The molecule has 0 saturated carbocycles. The molecule has 2 aromatic rings. The predicted molar refractivity (Wildman–Crippen MR) is 81.3 cm³/mol. The minimum absolute atomic E-state index is 0.174. The minimum Gasteiger partial charge on any atom is -0.350 e. The van der Waals surface area contributed by atoms with Gasteiger partial charge < -0.3 is 10.7 Å². The number of benzene rings is 1. The second kappa shape index (κ2) is 6.34. The third-order valence-electron chi connectivity index (χ3n) is 3.42. The first kappa shape index (κ1) is 14.3. The summed E-state index contributed by atoms with van der Waals surface area (Å²) < 4.78 is 0. The van der Waals surface area contributed by atoms with Gasteiger partial charge in [0.05, 0.1) is 0 Å². The number of nitrogens with zero attached hydrogens (tertiary/aromatic N) is 1. The van der Waals surface area contributed by atoms with Crippen LogP contribution >= 0.6 is 0 Å². The molecule has 1 aromatic heterocycles. The number of pyridine rings is 1. The summed E-state index contributed by atoms with van der Waals surface area (Å²) in [6, 6.07) is 9.46. The summed E-state index contributed by atoms with van der Waals surface area (Å²) in [7, 11) is 0. The van der Waals surface area contributed by atoms with Crippen molar-refractivity contribution in [2.24, 2.45) is 11.8 Å². The highest BCUT2D eigenvalue weighted by molar-refractivity contribution is 6.00. The van der Waals surface area contributed by atoms with Crippen molar-refractivity contribution in [3.63, 3.8) is 0 Å². The molecule has 1 heterocycles. The summed E-state index contributed by atoms with van der Waals surface area (Å²) in [5, 5.41) is 4.73. The Morgan fingerprint density at radius 1 is 1.40 bits per heavy atom. The minimum atomic E-state index is -0.174. The van der Waals surface area contributed by atoms with E-state index in [1.807, 2.05) is 24.3 Å². The highest BCUT2D eigenvalue weighted by Crippen LogP contribution is 2.21. The monoisotopic (exact) mass is 272 g/mol. The number of carbonyl (C=O) groups is 1. The van der Waals surface area contributed by atoms with E-state index in [-0.39, 0.29) is 5.91 Å². The first-order valence-corrected chi connectivity index (χ1v) is 6.80. The Labute approximate surface area is 118 Å². The van der Waals surface area contributed by atoms with Crippen molar-refractivity contribution < 1.29 is 4.79 Å². The molecule has 1 aromatic carbocycles. The number of fused-ring (bicyclic) bond motifs is 1. The average Bonchev–Trinajstić information content (AvgIpc) is 2.50. The Hall–Kier alpha value is -2.14. The number of aromatic nitrogens is 1. The lowest BCUT2D eigenvalue weighted by Gasteiger charge is -2.11. The van der Waals surface area contributed by atoms with Gasteiger partial charge in [-0.1, -0.05) is 44.5 Å². The van der Waals surface area contributed by atoms with Crippen molar-refractivity contribution in [2.45, 2.75) is 20.3 Å². The molecule has 2 rings (SSSR count). The van der Waals surface area contributed by atoms with Gasteiger partial charge in [0, 0.05) is 11.9 Å². The van der Waals surface area contributed by atoms with Gasteiger partial charge in [-0.2, -0.15) is 0 Å². The topological polar surface area (TPSA) is 80.0 Å². The zero-order valence-electron chi connectivity index (χ0n) is 11.8. The number of amides is 1. The van der Waals surface area contributed by atoms with Gasteiger partial charge in [0.2, 0.25) is 0 Å². The van der Waals surface area contributed by atoms with Crippen LogP contribution in [-0.2, 0) is 0 Å². The Balaban J connectivity index is 2.28. The summed E-state index contributed by atoms with van der Waals surface area (Å²) in [5.74, 6) is 6.27. The van der Waals surface area contributed by atoms with Crippen molar-refractivity contribution >= 4 is 22.5 Å². The smallest absolute Gasteiger partial charge is 0.270 e. The summed E-state index contributed by atoms with van der Waals surface area (Å²) in [6.45, 7) is 4.84. The third kappa shape index (κ3) is 3.05. The molecule has 1 atom stereocenters. The number of hydrazine groups is 1. The van der Waals surface area contributed by atoms with Gasteiger partial charge in [0.25, 0.3) is 5.91 Å². The molecule has 0 bridgehead atoms. The molecule has 0 aliphatic carbocycles. The molecule has 0 spiro atoms. The van der Waals surface area contributed by atoms with E-state index in [2.05, 4.69) is 29.6 Å². The molecule has 1 unspecified atom stereocenters. The molecule has 0 aliphatic heterocycles. The summed E-state index contributed by atoms with van der Waals surface area (Å²) in [5.41, 5.74) is 2.93. The van der Waals surface area contributed by atoms with Gasteiger partial charge in [-0.25, -0.2) is 10.8 Å². The highest BCUT2D eigenvalue weighted by Gasteiger charge is 2.12. The van der Waals surface area contributed by atoms with E-state index >= 15 is 0 Å². The maximum atomic E-state index is 12.1. The van der Waals surface area contributed by atoms with E-state index in [1.165, 1.54) is 0 Å². The number of hydrogen-bond donors (Lipinski definition) is 3. The zero-order valence-corrected chi connectivity index (χ0v) is 11.8. The molecule has 1 amide bonds. The Bertz CT molecular complexity index is 612. The second-order valence-corrected chi connectivity index (χ2v) is 4.95. The SMILES string of the molecule is CCC(C)CNC(=O)c1cc2ccccc2c(NN)n1. The molecule has 20 heavy (non-hydrogen) atoms. The van der Waals surface area contributed by atoms with Crippen LogP contribution in [0.1, 0.15) is 30.8 Å². The van der Waals surface area contributed by atoms with Crippen LogP contribution < -0.4 is 16.6 Å². The molecule has 0 radical (unpaired) electrons. The van der Waals surface area contributed by atoms with Crippen molar-refractivity contribution in [1.29, 1.82) is 0 Å². The van der Waals surface area contributed by atoms with Crippen molar-refractivity contribution in [3.05, 3.63) is 36.0 Å². The van der Waals surface area contributed by atoms with Gasteiger partial charge in [-0.05, 0) is 17.4 Å². The molecular weight excluding hydrogens is 252 g/mol. The number of nitrogen functional groups attached to an aromatic ring is 1. The molecule has 0 fully saturated rings. The second-order valence-electron chi connectivity index (χ2n) is 4.95. The van der Waals surface area contributed by atoms with Crippen molar-refractivity contribution in [3.8, 4) is 0 Å². The number of hydrogen-bond acceptors (Lipinski definition) is 4. The van der Waals surface area contributed by atoms with Crippen LogP contribution in [0, 0.1) is 5.92 Å². The van der Waals surface area contributed by atoms with Gasteiger partial charge in [-0.3, -0.25) is 4.79 Å². The lowest BCUT2D eigenvalue weighted by Crippen LogP contribution is -2.29. The highest BCUT2D eigenvalue weighted by atomic mass is 16.1. The molecule has 4 N–H and O–H groups in total.